The molecule has 204 valence electrons. The van der Waals surface area contributed by atoms with Crippen molar-refractivity contribution in [1.82, 2.24) is 19.4 Å². The number of rotatable bonds is 10. The summed E-state index contributed by atoms with van der Waals surface area (Å²) in [5, 5.41) is 5.42. The van der Waals surface area contributed by atoms with E-state index in [0.29, 0.717) is 33.8 Å². The largest absolute Gasteiger partial charge is 0.481 e. The van der Waals surface area contributed by atoms with Gasteiger partial charge >= 0.3 is 0 Å². The SMILES string of the molecule is CCN(N1CCCC1)S(=O)(=O)c1ccc(C(CC2CCCC2)C(=O)Nc2nc3ccc(OC)nc3s2)cc1. The van der Waals surface area contributed by atoms with Crippen LogP contribution in [0.1, 0.15) is 63.4 Å². The van der Waals surface area contributed by atoms with Gasteiger partial charge in [0.2, 0.25) is 11.8 Å². The molecule has 0 spiro atoms. The van der Waals surface area contributed by atoms with Crippen molar-refractivity contribution in [3.8, 4) is 5.88 Å². The summed E-state index contributed by atoms with van der Waals surface area (Å²) in [6.45, 7) is 3.76. The van der Waals surface area contributed by atoms with Crippen molar-refractivity contribution in [3.05, 3.63) is 42.0 Å². The fraction of sp³-hybridized carbons (Fsp3) is 0.519. The first kappa shape index (κ1) is 27.0. The Kier molecular flexibility index (Phi) is 8.27. The molecule has 2 aromatic heterocycles. The van der Waals surface area contributed by atoms with Crippen LogP contribution in [0.15, 0.2) is 41.3 Å². The molecule has 9 nitrogen and oxygen atoms in total. The summed E-state index contributed by atoms with van der Waals surface area (Å²) >= 11 is 1.31. The number of pyridine rings is 1. The number of carbonyl (C=O) groups is 1. The van der Waals surface area contributed by atoms with Crippen LogP contribution in [0.3, 0.4) is 0 Å². The number of carbonyl (C=O) groups excluding carboxylic acids is 1. The van der Waals surface area contributed by atoms with Crippen LogP contribution < -0.4 is 10.1 Å². The van der Waals surface area contributed by atoms with Crippen LogP contribution in [0.25, 0.3) is 10.3 Å². The Morgan fingerprint density at radius 3 is 2.47 bits per heavy atom. The van der Waals surface area contributed by atoms with Crippen LogP contribution in [0.5, 0.6) is 5.88 Å². The molecule has 38 heavy (non-hydrogen) atoms. The molecule has 1 saturated heterocycles. The molecule has 11 heteroatoms. The van der Waals surface area contributed by atoms with Gasteiger partial charge in [-0.25, -0.2) is 23.4 Å². The van der Waals surface area contributed by atoms with E-state index in [9.17, 15) is 13.2 Å². The summed E-state index contributed by atoms with van der Waals surface area (Å²) in [5.41, 5.74) is 1.52. The number of nitrogens with zero attached hydrogens (tertiary/aromatic N) is 4. The second kappa shape index (κ2) is 11.6. The van der Waals surface area contributed by atoms with Gasteiger partial charge in [0.05, 0.1) is 17.9 Å². The maximum absolute atomic E-state index is 13.6. The molecule has 3 heterocycles. The van der Waals surface area contributed by atoms with E-state index in [1.807, 2.05) is 18.0 Å². The van der Waals surface area contributed by atoms with E-state index < -0.39 is 15.9 Å². The highest BCUT2D eigenvalue weighted by atomic mass is 32.2. The zero-order valence-corrected chi connectivity index (χ0v) is 23.6. The van der Waals surface area contributed by atoms with Gasteiger partial charge < -0.3 is 10.1 Å². The highest BCUT2D eigenvalue weighted by Gasteiger charge is 2.32. The Morgan fingerprint density at radius 2 is 1.82 bits per heavy atom. The van der Waals surface area contributed by atoms with Crippen molar-refractivity contribution in [2.45, 2.75) is 62.7 Å². The number of benzene rings is 1. The molecular weight excluding hydrogens is 522 g/mol. The molecule has 3 aromatic rings. The van der Waals surface area contributed by atoms with Crippen molar-refractivity contribution in [3.63, 3.8) is 0 Å². The van der Waals surface area contributed by atoms with Crippen molar-refractivity contribution >= 4 is 42.7 Å². The molecule has 0 bridgehead atoms. The molecule has 1 N–H and O–H groups in total. The summed E-state index contributed by atoms with van der Waals surface area (Å²) in [6.07, 6.45) is 7.33. The molecule has 2 fully saturated rings. The molecule has 1 aliphatic heterocycles. The molecular formula is C27H35N5O4S2. The topological polar surface area (TPSA) is 105 Å². The van der Waals surface area contributed by atoms with Crippen molar-refractivity contribution in [1.29, 1.82) is 0 Å². The number of amides is 1. The first-order chi connectivity index (χ1) is 18.4. The quantitative estimate of drug-likeness (QED) is 0.373. The van der Waals surface area contributed by atoms with Gasteiger partial charge in [0.1, 0.15) is 10.3 Å². The number of sulfonamides is 1. The molecule has 1 aromatic carbocycles. The maximum atomic E-state index is 13.6. The third-order valence-corrected chi connectivity index (χ3v) is 10.3. The molecule has 1 aliphatic carbocycles. The van der Waals surface area contributed by atoms with Gasteiger partial charge in [-0.05, 0) is 55.9 Å². The summed E-state index contributed by atoms with van der Waals surface area (Å²) in [7, 11) is -2.09. The number of aromatic nitrogens is 2. The Morgan fingerprint density at radius 1 is 1.11 bits per heavy atom. The van der Waals surface area contributed by atoms with Crippen LogP contribution >= 0.6 is 11.3 Å². The molecule has 2 aliphatic rings. The van der Waals surface area contributed by atoms with Gasteiger partial charge in [0.25, 0.3) is 10.0 Å². The van der Waals surface area contributed by atoms with E-state index >= 15 is 0 Å². The summed E-state index contributed by atoms with van der Waals surface area (Å²) in [4.78, 5) is 23.5. The average molecular weight is 558 g/mol. The Labute approximate surface area is 228 Å². The highest BCUT2D eigenvalue weighted by molar-refractivity contribution is 7.89. The number of thiazole rings is 1. The van der Waals surface area contributed by atoms with Crippen molar-refractivity contribution in [2.24, 2.45) is 5.92 Å². The van der Waals surface area contributed by atoms with Crippen LogP contribution in [-0.2, 0) is 14.8 Å². The van der Waals surface area contributed by atoms with E-state index in [1.54, 1.807) is 37.4 Å². The van der Waals surface area contributed by atoms with Crippen LogP contribution in [0, 0.1) is 5.92 Å². The zero-order chi connectivity index (χ0) is 26.7. The summed E-state index contributed by atoms with van der Waals surface area (Å²) in [6, 6.07) is 10.5. The second-order valence-electron chi connectivity index (χ2n) is 10.00. The van der Waals surface area contributed by atoms with Gasteiger partial charge in [-0.1, -0.05) is 49.2 Å². The fourth-order valence-electron chi connectivity index (χ4n) is 5.57. The summed E-state index contributed by atoms with van der Waals surface area (Å²) < 4.78 is 33.5. The number of hydrogen-bond acceptors (Lipinski definition) is 8. The zero-order valence-electron chi connectivity index (χ0n) is 21.9. The number of anilines is 1. The minimum Gasteiger partial charge on any atom is -0.481 e. The first-order valence-electron chi connectivity index (χ1n) is 13.4. The molecule has 1 amide bonds. The highest BCUT2D eigenvalue weighted by Crippen LogP contribution is 2.36. The third kappa shape index (κ3) is 5.70. The standard InChI is InChI=1S/C27H35N5O4S2/c1-3-32(31-16-6-7-17-31)38(34,35)21-12-10-20(11-13-21)22(18-19-8-4-5-9-19)25(33)30-27-28-23-14-15-24(36-2)29-26(23)37-27/h10-15,19,22H,3-9,16-18H2,1-2H3,(H,28,30,33). The van der Waals surface area contributed by atoms with E-state index in [4.69, 9.17) is 4.74 Å². The van der Waals surface area contributed by atoms with Gasteiger partial charge in [0.15, 0.2) is 5.13 Å². The molecule has 1 atom stereocenters. The van der Waals surface area contributed by atoms with Gasteiger partial charge in [0, 0.05) is 25.7 Å². The lowest BCUT2D eigenvalue weighted by Crippen LogP contribution is -2.44. The lowest BCUT2D eigenvalue weighted by Gasteiger charge is -2.29. The van der Waals surface area contributed by atoms with Crippen molar-refractivity contribution < 1.29 is 17.9 Å². The van der Waals surface area contributed by atoms with E-state index in [2.05, 4.69) is 15.3 Å². The molecule has 5 rings (SSSR count). The Bertz CT molecular complexity index is 1360. The van der Waals surface area contributed by atoms with Gasteiger partial charge in [-0.2, -0.15) is 0 Å². The predicted octanol–water partition coefficient (Wildman–Crippen LogP) is 5.02. The minimum absolute atomic E-state index is 0.134. The van der Waals surface area contributed by atoms with E-state index in [1.165, 1.54) is 28.6 Å². The molecule has 1 unspecified atom stereocenters. The maximum Gasteiger partial charge on any atom is 0.255 e. The molecule has 1 saturated carbocycles. The van der Waals surface area contributed by atoms with Crippen molar-refractivity contribution in [2.75, 3.05) is 32.1 Å². The molecule has 0 radical (unpaired) electrons. The monoisotopic (exact) mass is 557 g/mol. The number of hydrazine groups is 1. The minimum atomic E-state index is -3.66. The number of ether oxygens (including phenoxy) is 1. The van der Waals surface area contributed by atoms with Crippen LogP contribution in [-0.4, -0.2) is 60.5 Å². The smallest absolute Gasteiger partial charge is 0.255 e. The summed E-state index contributed by atoms with van der Waals surface area (Å²) in [5.74, 6) is 0.441. The fourth-order valence-corrected chi connectivity index (χ4v) is 7.94. The van der Waals surface area contributed by atoms with Crippen LogP contribution in [0.4, 0.5) is 5.13 Å². The second-order valence-corrected chi connectivity index (χ2v) is 12.8. The normalized spacial score (nSPS) is 17.9. The van der Waals surface area contributed by atoms with E-state index in [0.717, 1.165) is 50.8 Å². The first-order valence-corrected chi connectivity index (χ1v) is 15.6. The number of fused-ring (bicyclic) bond motifs is 1. The number of hydrogen-bond donors (Lipinski definition) is 1. The Balaban J connectivity index is 1.38. The van der Waals surface area contributed by atoms with Gasteiger partial charge in [-0.15, -0.1) is 4.41 Å². The average Bonchev–Trinajstić information content (AvgIpc) is 3.69. The van der Waals surface area contributed by atoms with Gasteiger partial charge in [-0.3, -0.25) is 4.79 Å². The lowest BCUT2D eigenvalue weighted by molar-refractivity contribution is -0.118. The third-order valence-electron chi connectivity index (χ3n) is 7.56. The number of nitrogens with one attached hydrogen (secondary N) is 1. The number of methoxy groups -OCH3 is 1. The van der Waals surface area contributed by atoms with E-state index in [-0.39, 0.29) is 10.8 Å². The Hall–Kier alpha value is -2.60. The predicted molar refractivity (Wildman–Crippen MR) is 149 cm³/mol. The van der Waals surface area contributed by atoms with Crippen LogP contribution in [0.2, 0.25) is 0 Å². The lowest BCUT2D eigenvalue weighted by atomic mass is 9.87.